The Labute approximate surface area is 86.1 Å². The summed E-state index contributed by atoms with van der Waals surface area (Å²) in [6, 6.07) is 2.23. The van der Waals surface area contributed by atoms with Crippen molar-refractivity contribution in [3.05, 3.63) is 23.0 Å². The molecule has 2 heteroatoms. The summed E-state index contributed by atoms with van der Waals surface area (Å²) in [6.07, 6.45) is 4.25. The van der Waals surface area contributed by atoms with Crippen molar-refractivity contribution in [2.75, 3.05) is 0 Å². The summed E-state index contributed by atoms with van der Waals surface area (Å²) in [5, 5.41) is 0. The molecule has 1 aromatic heterocycles. The molecule has 0 aromatic carbocycles. The van der Waals surface area contributed by atoms with Crippen LogP contribution in [-0.2, 0) is 13.1 Å². The minimum atomic E-state index is 0.671. The summed E-state index contributed by atoms with van der Waals surface area (Å²) < 4.78 is 2.44. The Morgan fingerprint density at radius 3 is 2.57 bits per heavy atom. The van der Waals surface area contributed by atoms with Gasteiger partial charge < -0.3 is 10.3 Å². The predicted octanol–water partition coefficient (Wildman–Crippen LogP) is 2.36. The molecular formula is C12H20N2. The number of nitrogens with two attached hydrogens (primary N) is 1. The number of hydrogen-bond acceptors (Lipinski definition) is 1. The lowest BCUT2D eigenvalue weighted by atomic mass is 9.85. The first-order valence-corrected chi connectivity index (χ1v) is 5.58. The van der Waals surface area contributed by atoms with Crippen LogP contribution in [0.25, 0.3) is 0 Å². The fraction of sp³-hybridized carbons (Fsp3) is 0.667. The van der Waals surface area contributed by atoms with Gasteiger partial charge >= 0.3 is 0 Å². The molecule has 2 nitrogen and oxygen atoms in total. The molecule has 1 aliphatic rings. The number of aromatic nitrogens is 1. The average Bonchev–Trinajstić information content (AvgIpc) is 2.36. The number of nitrogens with zero attached hydrogens (tertiary/aromatic N) is 1. The summed E-state index contributed by atoms with van der Waals surface area (Å²) in [4.78, 5) is 0. The molecule has 0 atom stereocenters. The SMILES string of the molecule is Cc1cc(CN)c(C)n1CC1CCC1. The second-order valence-corrected chi connectivity index (χ2v) is 4.51. The van der Waals surface area contributed by atoms with E-state index in [4.69, 9.17) is 5.73 Å². The van der Waals surface area contributed by atoms with Crippen LogP contribution in [0.3, 0.4) is 0 Å². The van der Waals surface area contributed by atoms with Crippen LogP contribution in [0.2, 0.25) is 0 Å². The van der Waals surface area contributed by atoms with Crippen LogP contribution in [0.5, 0.6) is 0 Å². The van der Waals surface area contributed by atoms with Crippen molar-refractivity contribution in [2.24, 2.45) is 11.7 Å². The van der Waals surface area contributed by atoms with E-state index in [1.165, 1.54) is 42.8 Å². The van der Waals surface area contributed by atoms with E-state index in [9.17, 15) is 0 Å². The fourth-order valence-corrected chi connectivity index (χ4v) is 2.29. The van der Waals surface area contributed by atoms with Gasteiger partial charge in [-0.05, 0) is 44.2 Å². The molecule has 0 aliphatic heterocycles. The molecule has 1 saturated carbocycles. The predicted molar refractivity (Wildman–Crippen MR) is 59.1 cm³/mol. The average molecular weight is 192 g/mol. The Morgan fingerprint density at radius 1 is 1.43 bits per heavy atom. The summed E-state index contributed by atoms with van der Waals surface area (Å²) in [7, 11) is 0. The van der Waals surface area contributed by atoms with Crippen LogP contribution in [0, 0.1) is 19.8 Å². The zero-order valence-corrected chi connectivity index (χ0v) is 9.21. The highest BCUT2D eigenvalue weighted by Crippen LogP contribution is 2.29. The van der Waals surface area contributed by atoms with Crippen molar-refractivity contribution < 1.29 is 0 Å². The first-order valence-electron chi connectivity index (χ1n) is 5.58. The van der Waals surface area contributed by atoms with E-state index >= 15 is 0 Å². The van der Waals surface area contributed by atoms with Crippen LogP contribution in [0.15, 0.2) is 6.07 Å². The van der Waals surface area contributed by atoms with Crippen molar-refractivity contribution >= 4 is 0 Å². The maximum Gasteiger partial charge on any atom is 0.0253 e. The highest BCUT2D eigenvalue weighted by Gasteiger charge is 2.19. The van der Waals surface area contributed by atoms with Crippen molar-refractivity contribution in [1.29, 1.82) is 0 Å². The van der Waals surface area contributed by atoms with Crippen LogP contribution in [0.4, 0.5) is 0 Å². The molecule has 0 spiro atoms. The molecule has 78 valence electrons. The summed E-state index contributed by atoms with van der Waals surface area (Å²) in [6.45, 7) is 6.25. The van der Waals surface area contributed by atoms with Crippen LogP contribution in [0.1, 0.15) is 36.2 Å². The molecule has 0 radical (unpaired) electrons. The Morgan fingerprint density at radius 2 is 2.14 bits per heavy atom. The normalized spacial score (nSPS) is 17.1. The zero-order chi connectivity index (χ0) is 10.1. The maximum absolute atomic E-state index is 5.70. The van der Waals surface area contributed by atoms with Gasteiger partial charge in [-0.1, -0.05) is 6.42 Å². The monoisotopic (exact) mass is 192 g/mol. The van der Waals surface area contributed by atoms with Gasteiger partial charge in [-0.25, -0.2) is 0 Å². The van der Waals surface area contributed by atoms with Gasteiger partial charge in [0.05, 0.1) is 0 Å². The molecule has 2 rings (SSSR count). The lowest BCUT2D eigenvalue weighted by Gasteiger charge is -2.27. The maximum atomic E-state index is 5.70. The third-order valence-corrected chi connectivity index (χ3v) is 3.56. The topological polar surface area (TPSA) is 30.9 Å². The lowest BCUT2D eigenvalue weighted by molar-refractivity contribution is 0.273. The molecule has 0 unspecified atom stereocenters. The van der Waals surface area contributed by atoms with E-state index in [1.807, 2.05) is 0 Å². The molecular weight excluding hydrogens is 172 g/mol. The summed E-state index contributed by atoms with van der Waals surface area (Å²) in [5.74, 6) is 0.922. The summed E-state index contributed by atoms with van der Waals surface area (Å²) >= 11 is 0. The van der Waals surface area contributed by atoms with Gasteiger partial charge in [-0.15, -0.1) is 0 Å². The third kappa shape index (κ3) is 1.59. The van der Waals surface area contributed by atoms with Crippen molar-refractivity contribution in [3.8, 4) is 0 Å². The third-order valence-electron chi connectivity index (χ3n) is 3.56. The van der Waals surface area contributed by atoms with Crippen LogP contribution >= 0.6 is 0 Å². The van der Waals surface area contributed by atoms with Crippen molar-refractivity contribution in [3.63, 3.8) is 0 Å². The minimum absolute atomic E-state index is 0.671. The second-order valence-electron chi connectivity index (χ2n) is 4.51. The molecule has 1 fully saturated rings. The van der Waals surface area contributed by atoms with Gasteiger partial charge in [0.2, 0.25) is 0 Å². The summed E-state index contributed by atoms with van der Waals surface area (Å²) in [5.41, 5.74) is 9.75. The van der Waals surface area contributed by atoms with Gasteiger partial charge in [0.25, 0.3) is 0 Å². The van der Waals surface area contributed by atoms with Crippen molar-refractivity contribution in [1.82, 2.24) is 4.57 Å². The van der Waals surface area contributed by atoms with E-state index in [0.29, 0.717) is 6.54 Å². The molecule has 14 heavy (non-hydrogen) atoms. The van der Waals surface area contributed by atoms with Crippen LogP contribution in [-0.4, -0.2) is 4.57 Å². The highest BCUT2D eigenvalue weighted by atomic mass is 15.0. The van der Waals surface area contributed by atoms with Gasteiger partial charge in [-0.2, -0.15) is 0 Å². The van der Waals surface area contributed by atoms with Gasteiger partial charge in [0.15, 0.2) is 0 Å². The lowest BCUT2D eigenvalue weighted by Crippen LogP contribution is -2.19. The fourth-order valence-electron chi connectivity index (χ4n) is 2.29. The Bertz CT molecular complexity index is 321. The van der Waals surface area contributed by atoms with E-state index < -0.39 is 0 Å². The molecule has 0 bridgehead atoms. The van der Waals surface area contributed by atoms with Gasteiger partial charge in [-0.3, -0.25) is 0 Å². The molecule has 2 N–H and O–H groups in total. The van der Waals surface area contributed by atoms with Gasteiger partial charge in [0.1, 0.15) is 0 Å². The Balaban J connectivity index is 2.18. The molecule has 0 amide bonds. The minimum Gasteiger partial charge on any atom is -0.349 e. The number of rotatable bonds is 3. The Kier molecular flexibility index (Phi) is 2.64. The largest absolute Gasteiger partial charge is 0.349 e. The molecule has 1 aliphatic carbocycles. The smallest absolute Gasteiger partial charge is 0.0253 e. The van der Waals surface area contributed by atoms with E-state index in [2.05, 4.69) is 24.5 Å². The number of aryl methyl sites for hydroxylation is 1. The highest BCUT2D eigenvalue weighted by molar-refractivity contribution is 5.26. The number of hydrogen-bond donors (Lipinski definition) is 1. The molecule has 0 saturated heterocycles. The Hall–Kier alpha value is -0.760. The molecule has 1 heterocycles. The molecule has 1 aromatic rings. The van der Waals surface area contributed by atoms with Crippen molar-refractivity contribution in [2.45, 2.75) is 46.2 Å². The van der Waals surface area contributed by atoms with E-state index in [-0.39, 0.29) is 0 Å². The van der Waals surface area contributed by atoms with E-state index in [1.54, 1.807) is 0 Å². The second kappa shape index (κ2) is 3.77. The first kappa shape index (κ1) is 9.78. The van der Waals surface area contributed by atoms with Gasteiger partial charge in [0, 0.05) is 24.5 Å². The van der Waals surface area contributed by atoms with E-state index in [0.717, 1.165) is 5.92 Å². The standard InChI is InChI=1S/C12H20N2/c1-9-6-12(7-13)10(2)14(9)8-11-4-3-5-11/h6,11H,3-5,7-8,13H2,1-2H3. The zero-order valence-electron chi connectivity index (χ0n) is 9.21. The first-order chi connectivity index (χ1) is 6.72. The quantitative estimate of drug-likeness (QED) is 0.783. The van der Waals surface area contributed by atoms with Crippen LogP contribution < -0.4 is 5.73 Å².